The molecular weight excluding hydrogens is 277 g/mol. The van der Waals surface area contributed by atoms with Crippen molar-refractivity contribution in [2.24, 2.45) is 5.73 Å². The van der Waals surface area contributed by atoms with Crippen molar-refractivity contribution in [1.82, 2.24) is 9.78 Å². The van der Waals surface area contributed by atoms with Crippen LogP contribution in [0.5, 0.6) is 5.75 Å². The molecule has 0 amide bonds. The Labute approximate surface area is 120 Å². The van der Waals surface area contributed by atoms with E-state index in [4.69, 9.17) is 15.6 Å². The number of hydrogen-bond donors (Lipinski definition) is 2. The monoisotopic (exact) mass is 293 g/mol. The highest BCUT2D eigenvalue weighted by Gasteiger charge is 2.06. The van der Waals surface area contributed by atoms with Crippen LogP contribution in [0, 0.1) is 0 Å². The molecule has 0 spiro atoms. The molecule has 0 bridgehead atoms. The van der Waals surface area contributed by atoms with Gasteiger partial charge in [-0.2, -0.15) is 5.10 Å². The van der Waals surface area contributed by atoms with Gasteiger partial charge in [-0.25, -0.2) is 9.07 Å². The topological polar surface area (TPSA) is 90.4 Å². The van der Waals surface area contributed by atoms with Gasteiger partial charge in [0.1, 0.15) is 12.4 Å². The van der Waals surface area contributed by atoms with E-state index in [-0.39, 0.29) is 31.9 Å². The largest absolute Gasteiger partial charge is 0.489 e. The van der Waals surface area contributed by atoms with Gasteiger partial charge < -0.3 is 15.6 Å². The summed E-state index contributed by atoms with van der Waals surface area (Å²) in [5.41, 5.74) is 5.40. The standard InChI is InChI=1S/C14H16FN3O3/c15-6-10(7-16)9-21-12-1-2-13-11(5-12)8-17-18(3-4-19)14(13)20/h1-2,5-6,8,19H,3-4,7,9,16H2. The van der Waals surface area contributed by atoms with Crippen LogP contribution < -0.4 is 16.0 Å². The third-order valence-corrected chi connectivity index (χ3v) is 2.98. The van der Waals surface area contributed by atoms with Gasteiger partial charge >= 0.3 is 0 Å². The summed E-state index contributed by atoms with van der Waals surface area (Å²) in [4.78, 5) is 12.1. The quantitative estimate of drug-likeness (QED) is 0.813. The third-order valence-electron chi connectivity index (χ3n) is 2.98. The van der Waals surface area contributed by atoms with Crippen molar-refractivity contribution >= 4 is 10.8 Å². The van der Waals surface area contributed by atoms with Gasteiger partial charge in [0.2, 0.25) is 0 Å². The molecule has 6 nitrogen and oxygen atoms in total. The highest BCUT2D eigenvalue weighted by atomic mass is 19.1. The zero-order chi connectivity index (χ0) is 15.2. The molecule has 0 radical (unpaired) electrons. The highest BCUT2D eigenvalue weighted by Crippen LogP contribution is 2.18. The molecule has 0 atom stereocenters. The zero-order valence-corrected chi connectivity index (χ0v) is 11.3. The number of aliphatic hydroxyl groups is 1. The molecule has 2 aromatic rings. The van der Waals surface area contributed by atoms with Crippen LogP contribution >= 0.6 is 0 Å². The number of benzene rings is 1. The molecule has 0 fully saturated rings. The van der Waals surface area contributed by atoms with Gasteiger partial charge in [0, 0.05) is 17.5 Å². The molecule has 0 saturated carbocycles. The van der Waals surface area contributed by atoms with E-state index in [1.807, 2.05) is 0 Å². The molecule has 2 rings (SSSR count). The molecule has 0 unspecified atom stereocenters. The first kappa shape index (κ1) is 15.1. The Morgan fingerprint density at radius 3 is 3.00 bits per heavy atom. The Hall–Kier alpha value is -2.25. The van der Waals surface area contributed by atoms with Gasteiger partial charge in [-0.05, 0) is 18.2 Å². The minimum absolute atomic E-state index is 0.0491. The van der Waals surface area contributed by atoms with Crippen LogP contribution in [-0.4, -0.2) is 34.6 Å². The van der Waals surface area contributed by atoms with E-state index in [0.717, 1.165) is 0 Å². The number of nitrogens with two attached hydrogens (primary N) is 1. The Morgan fingerprint density at radius 1 is 1.52 bits per heavy atom. The van der Waals surface area contributed by atoms with Crippen LogP contribution in [0.1, 0.15) is 0 Å². The van der Waals surface area contributed by atoms with E-state index >= 15 is 0 Å². The maximum absolute atomic E-state index is 12.4. The van der Waals surface area contributed by atoms with E-state index < -0.39 is 0 Å². The number of aromatic nitrogens is 2. The lowest BCUT2D eigenvalue weighted by molar-refractivity contribution is 0.266. The molecular formula is C14H16FN3O3. The lowest BCUT2D eigenvalue weighted by atomic mass is 10.2. The zero-order valence-electron chi connectivity index (χ0n) is 11.3. The van der Waals surface area contributed by atoms with Crippen molar-refractivity contribution in [3.63, 3.8) is 0 Å². The molecule has 3 N–H and O–H groups in total. The smallest absolute Gasteiger partial charge is 0.274 e. The van der Waals surface area contributed by atoms with Crippen LogP contribution in [0.2, 0.25) is 0 Å². The number of rotatable bonds is 6. The minimum atomic E-state index is -0.278. The van der Waals surface area contributed by atoms with E-state index in [0.29, 0.717) is 28.4 Å². The molecule has 1 heterocycles. The lowest BCUT2D eigenvalue weighted by Crippen LogP contribution is -2.24. The van der Waals surface area contributed by atoms with Gasteiger partial charge in [0.25, 0.3) is 5.56 Å². The first-order valence-corrected chi connectivity index (χ1v) is 6.41. The number of nitrogens with zero attached hydrogens (tertiary/aromatic N) is 2. The van der Waals surface area contributed by atoms with Crippen LogP contribution in [-0.2, 0) is 6.54 Å². The van der Waals surface area contributed by atoms with Crippen molar-refractivity contribution in [3.8, 4) is 5.75 Å². The summed E-state index contributed by atoms with van der Waals surface area (Å²) >= 11 is 0. The number of fused-ring (bicyclic) bond motifs is 1. The molecule has 112 valence electrons. The summed E-state index contributed by atoms with van der Waals surface area (Å²) in [5, 5.41) is 13.9. The first-order chi connectivity index (χ1) is 10.2. The van der Waals surface area contributed by atoms with E-state index in [2.05, 4.69) is 5.10 Å². The number of aliphatic hydroxyl groups excluding tert-OH is 1. The normalized spacial score (nSPS) is 11.9. The average molecular weight is 293 g/mol. The average Bonchev–Trinajstić information content (AvgIpc) is 2.51. The maximum Gasteiger partial charge on any atom is 0.274 e. The summed E-state index contributed by atoms with van der Waals surface area (Å²) in [6, 6.07) is 4.89. The lowest BCUT2D eigenvalue weighted by Gasteiger charge is -2.09. The predicted molar refractivity (Wildman–Crippen MR) is 76.8 cm³/mol. The number of hydrogen-bond acceptors (Lipinski definition) is 5. The van der Waals surface area contributed by atoms with Crippen LogP contribution in [0.3, 0.4) is 0 Å². The van der Waals surface area contributed by atoms with Crippen LogP contribution in [0.25, 0.3) is 10.8 Å². The van der Waals surface area contributed by atoms with Crippen molar-refractivity contribution in [2.75, 3.05) is 19.8 Å². The third kappa shape index (κ3) is 3.45. The fourth-order valence-electron chi connectivity index (χ4n) is 1.82. The molecule has 1 aromatic carbocycles. The van der Waals surface area contributed by atoms with Gasteiger partial charge in [-0.15, -0.1) is 0 Å². The second-order valence-electron chi connectivity index (χ2n) is 4.41. The molecule has 0 aliphatic rings. The molecule has 7 heteroatoms. The molecule has 0 aliphatic carbocycles. The molecule has 0 aliphatic heterocycles. The molecule has 0 saturated heterocycles. The Kier molecular flexibility index (Phi) is 5.02. The Morgan fingerprint density at radius 2 is 2.33 bits per heavy atom. The summed E-state index contributed by atoms with van der Waals surface area (Å²) in [6.07, 6.45) is 1.95. The first-order valence-electron chi connectivity index (χ1n) is 6.41. The SMILES string of the molecule is NCC(=CF)COc1ccc2c(=O)n(CCO)ncc2c1. The number of halogens is 1. The fraction of sp³-hybridized carbons (Fsp3) is 0.286. The van der Waals surface area contributed by atoms with E-state index in [1.165, 1.54) is 10.9 Å². The van der Waals surface area contributed by atoms with E-state index in [1.54, 1.807) is 18.2 Å². The fourth-order valence-corrected chi connectivity index (χ4v) is 1.82. The second-order valence-corrected chi connectivity index (χ2v) is 4.41. The number of ether oxygens (including phenoxy) is 1. The highest BCUT2D eigenvalue weighted by molar-refractivity contribution is 5.82. The van der Waals surface area contributed by atoms with Crippen molar-refractivity contribution in [1.29, 1.82) is 0 Å². The minimum Gasteiger partial charge on any atom is -0.489 e. The van der Waals surface area contributed by atoms with Gasteiger partial charge in [-0.3, -0.25) is 4.79 Å². The predicted octanol–water partition coefficient (Wildman–Crippen LogP) is 0.580. The summed E-state index contributed by atoms with van der Waals surface area (Å²) < 4.78 is 19.0. The van der Waals surface area contributed by atoms with Crippen molar-refractivity contribution < 1.29 is 14.2 Å². The van der Waals surface area contributed by atoms with Gasteiger partial charge in [0.05, 0.1) is 31.1 Å². The maximum atomic E-state index is 12.4. The van der Waals surface area contributed by atoms with Crippen molar-refractivity contribution in [2.45, 2.75) is 6.54 Å². The van der Waals surface area contributed by atoms with E-state index in [9.17, 15) is 9.18 Å². The Bertz CT molecular complexity index is 712. The Balaban J connectivity index is 2.27. The van der Waals surface area contributed by atoms with Crippen molar-refractivity contribution in [3.05, 3.63) is 46.7 Å². The second kappa shape index (κ2) is 6.96. The van der Waals surface area contributed by atoms with Crippen LogP contribution in [0.4, 0.5) is 4.39 Å². The molecule has 1 aromatic heterocycles. The molecule has 21 heavy (non-hydrogen) atoms. The van der Waals surface area contributed by atoms with Gasteiger partial charge in [0.15, 0.2) is 0 Å². The van der Waals surface area contributed by atoms with Gasteiger partial charge in [-0.1, -0.05) is 0 Å². The summed E-state index contributed by atoms with van der Waals surface area (Å²) in [7, 11) is 0. The summed E-state index contributed by atoms with van der Waals surface area (Å²) in [6.45, 7) is 0.121. The summed E-state index contributed by atoms with van der Waals surface area (Å²) in [5.74, 6) is 0.497. The van der Waals surface area contributed by atoms with Crippen LogP contribution in [0.15, 0.2) is 41.1 Å².